The number of aryl methyl sites for hydroxylation is 1. The summed E-state index contributed by atoms with van der Waals surface area (Å²) < 4.78 is 4.85. The Bertz CT molecular complexity index is 332. The SMILES string of the molecule is CCOC(=O)C[C@@H](N)Cc1ccc(C)cc1. The molecule has 0 saturated carbocycles. The normalized spacial score (nSPS) is 12.2. The van der Waals surface area contributed by atoms with E-state index in [9.17, 15) is 4.79 Å². The average Bonchev–Trinajstić information content (AvgIpc) is 2.21. The van der Waals surface area contributed by atoms with E-state index < -0.39 is 0 Å². The summed E-state index contributed by atoms with van der Waals surface area (Å²) in [5.74, 6) is -0.220. The van der Waals surface area contributed by atoms with Gasteiger partial charge in [0, 0.05) is 6.04 Å². The van der Waals surface area contributed by atoms with Crippen LogP contribution in [0.15, 0.2) is 24.3 Å². The van der Waals surface area contributed by atoms with Gasteiger partial charge in [-0.25, -0.2) is 0 Å². The quantitative estimate of drug-likeness (QED) is 0.772. The Labute approximate surface area is 96.6 Å². The van der Waals surface area contributed by atoms with Gasteiger partial charge in [-0.3, -0.25) is 4.79 Å². The molecular formula is C13H19NO2. The van der Waals surface area contributed by atoms with Crippen LogP contribution in [-0.2, 0) is 16.0 Å². The minimum absolute atomic E-state index is 0.165. The number of carbonyl (C=O) groups excluding carboxylic acids is 1. The third-order valence-electron chi connectivity index (χ3n) is 2.35. The van der Waals surface area contributed by atoms with E-state index >= 15 is 0 Å². The summed E-state index contributed by atoms with van der Waals surface area (Å²) in [5.41, 5.74) is 8.25. The molecule has 1 aromatic carbocycles. The Morgan fingerprint density at radius 1 is 1.38 bits per heavy atom. The van der Waals surface area contributed by atoms with Gasteiger partial charge in [0.15, 0.2) is 0 Å². The molecule has 1 aromatic rings. The summed E-state index contributed by atoms with van der Waals surface area (Å²) in [4.78, 5) is 11.2. The lowest BCUT2D eigenvalue weighted by molar-refractivity contribution is -0.143. The van der Waals surface area contributed by atoms with Crippen molar-refractivity contribution in [3.8, 4) is 0 Å². The standard InChI is InChI=1S/C13H19NO2/c1-3-16-13(15)9-12(14)8-11-6-4-10(2)5-7-11/h4-7,12H,3,8-9,14H2,1-2H3/t12-/m0/s1. The monoisotopic (exact) mass is 221 g/mol. The fourth-order valence-corrected chi connectivity index (χ4v) is 1.53. The zero-order valence-corrected chi connectivity index (χ0v) is 9.90. The largest absolute Gasteiger partial charge is 0.466 e. The maximum Gasteiger partial charge on any atom is 0.307 e. The van der Waals surface area contributed by atoms with Crippen molar-refractivity contribution in [3.05, 3.63) is 35.4 Å². The van der Waals surface area contributed by atoms with Crippen LogP contribution in [0.25, 0.3) is 0 Å². The minimum Gasteiger partial charge on any atom is -0.466 e. The Hall–Kier alpha value is -1.35. The maximum absolute atomic E-state index is 11.2. The van der Waals surface area contributed by atoms with Crippen molar-refractivity contribution in [1.82, 2.24) is 0 Å². The van der Waals surface area contributed by atoms with Gasteiger partial charge in [0.2, 0.25) is 0 Å². The first kappa shape index (κ1) is 12.7. The molecule has 0 aliphatic heterocycles. The summed E-state index contributed by atoms with van der Waals surface area (Å²) in [5, 5.41) is 0. The van der Waals surface area contributed by atoms with Crippen LogP contribution in [0.1, 0.15) is 24.5 Å². The first-order valence-electron chi connectivity index (χ1n) is 5.58. The van der Waals surface area contributed by atoms with Crippen LogP contribution in [0.3, 0.4) is 0 Å². The number of benzene rings is 1. The van der Waals surface area contributed by atoms with Gasteiger partial charge in [0.05, 0.1) is 13.0 Å². The van der Waals surface area contributed by atoms with E-state index in [1.54, 1.807) is 6.92 Å². The highest BCUT2D eigenvalue weighted by atomic mass is 16.5. The molecule has 0 aliphatic rings. The molecule has 0 radical (unpaired) electrons. The summed E-state index contributed by atoms with van der Waals surface area (Å²) in [7, 11) is 0. The highest BCUT2D eigenvalue weighted by molar-refractivity contribution is 5.70. The van der Waals surface area contributed by atoms with Crippen molar-refractivity contribution in [2.45, 2.75) is 32.7 Å². The number of hydrogen-bond donors (Lipinski definition) is 1. The highest BCUT2D eigenvalue weighted by Crippen LogP contribution is 2.07. The van der Waals surface area contributed by atoms with Gasteiger partial charge in [-0.15, -0.1) is 0 Å². The van der Waals surface area contributed by atoms with Crippen molar-refractivity contribution in [2.24, 2.45) is 5.73 Å². The number of ether oxygens (including phenoxy) is 1. The van der Waals surface area contributed by atoms with Gasteiger partial charge in [-0.05, 0) is 25.8 Å². The van der Waals surface area contributed by atoms with Crippen LogP contribution in [-0.4, -0.2) is 18.6 Å². The molecular weight excluding hydrogens is 202 g/mol. The Balaban J connectivity index is 2.42. The van der Waals surface area contributed by atoms with E-state index in [1.807, 2.05) is 31.2 Å². The molecule has 0 heterocycles. The molecule has 0 bridgehead atoms. The molecule has 1 atom stereocenters. The molecule has 0 aliphatic carbocycles. The Morgan fingerprint density at radius 3 is 2.56 bits per heavy atom. The Morgan fingerprint density at radius 2 is 2.00 bits per heavy atom. The van der Waals surface area contributed by atoms with Gasteiger partial charge in [-0.1, -0.05) is 29.8 Å². The molecule has 3 nitrogen and oxygen atoms in total. The second-order valence-corrected chi connectivity index (χ2v) is 3.96. The summed E-state index contributed by atoms with van der Waals surface area (Å²) in [6.07, 6.45) is 0.987. The van der Waals surface area contributed by atoms with E-state index in [4.69, 9.17) is 10.5 Å². The van der Waals surface area contributed by atoms with E-state index in [2.05, 4.69) is 0 Å². The minimum atomic E-state index is -0.220. The first-order chi connectivity index (χ1) is 7.61. The van der Waals surface area contributed by atoms with Gasteiger partial charge in [-0.2, -0.15) is 0 Å². The molecule has 3 heteroatoms. The lowest BCUT2D eigenvalue weighted by Gasteiger charge is -2.10. The zero-order chi connectivity index (χ0) is 12.0. The predicted octanol–water partition coefficient (Wildman–Crippen LogP) is 1.82. The van der Waals surface area contributed by atoms with Gasteiger partial charge in [0.1, 0.15) is 0 Å². The second-order valence-electron chi connectivity index (χ2n) is 3.96. The van der Waals surface area contributed by atoms with E-state index in [0.717, 1.165) is 5.56 Å². The van der Waals surface area contributed by atoms with E-state index in [1.165, 1.54) is 5.56 Å². The number of esters is 1. The number of rotatable bonds is 5. The van der Waals surface area contributed by atoms with E-state index in [-0.39, 0.29) is 18.4 Å². The lowest BCUT2D eigenvalue weighted by atomic mass is 10.0. The van der Waals surface area contributed by atoms with Crippen molar-refractivity contribution >= 4 is 5.97 Å². The molecule has 0 unspecified atom stereocenters. The predicted molar refractivity (Wildman–Crippen MR) is 64.1 cm³/mol. The molecule has 0 saturated heterocycles. The van der Waals surface area contributed by atoms with Crippen molar-refractivity contribution in [3.63, 3.8) is 0 Å². The number of hydrogen-bond acceptors (Lipinski definition) is 3. The smallest absolute Gasteiger partial charge is 0.307 e. The van der Waals surface area contributed by atoms with Crippen LogP contribution in [0.5, 0.6) is 0 Å². The van der Waals surface area contributed by atoms with Gasteiger partial charge < -0.3 is 10.5 Å². The molecule has 0 amide bonds. The lowest BCUT2D eigenvalue weighted by Crippen LogP contribution is -2.27. The Kier molecular flexibility index (Phi) is 4.99. The fourth-order valence-electron chi connectivity index (χ4n) is 1.53. The van der Waals surface area contributed by atoms with Gasteiger partial charge in [0.25, 0.3) is 0 Å². The molecule has 0 fully saturated rings. The molecule has 88 valence electrons. The van der Waals surface area contributed by atoms with Crippen LogP contribution in [0.2, 0.25) is 0 Å². The van der Waals surface area contributed by atoms with Crippen molar-refractivity contribution in [2.75, 3.05) is 6.61 Å². The zero-order valence-electron chi connectivity index (χ0n) is 9.90. The third kappa shape index (κ3) is 4.45. The van der Waals surface area contributed by atoms with Gasteiger partial charge >= 0.3 is 5.97 Å². The number of nitrogens with two attached hydrogens (primary N) is 1. The number of carbonyl (C=O) groups is 1. The molecule has 16 heavy (non-hydrogen) atoms. The summed E-state index contributed by atoms with van der Waals surface area (Å²) in [6, 6.07) is 8.02. The second kappa shape index (κ2) is 6.28. The highest BCUT2D eigenvalue weighted by Gasteiger charge is 2.10. The van der Waals surface area contributed by atoms with E-state index in [0.29, 0.717) is 13.0 Å². The third-order valence-corrected chi connectivity index (χ3v) is 2.35. The van der Waals surface area contributed by atoms with Crippen LogP contribution >= 0.6 is 0 Å². The topological polar surface area (TPSA) is 52.3 Å². The molecule has 0 spiro atoms. The van der Waals surface area contributed by atoms with Crippen molar-refractivity contribution in [1.29, 1.82) is 0 Å². The maximum atomic E-state index is 11.2. The summed E-state index contributed by atoms with van der Waals surface area (Å²) in [6.45, 7) is 4.25. The first-order valence-corrected chi connectivity index (χ1v) is 5.58. The average molecular weight is 221 g/mol. The van der Waals surface area contributed by atoms with Crippen LogP contribution in [0.4, 0.5) is 0 Å². The van der Waals surface area contributed by atoms with Crippen molar-refractivity contribution < 1.29 is 9.53 Å². The summed E-state index contributed by atoms with van der Waals surface area (Å²) >= 11 is 0. The molecule has 0 aromatic heterocycles. The molecule has 2 N–H and O–H groups in total. The molecule has 1 rings (SSSR count). The fraction of sp³-hybridized carbons (Fsp3) is 0.462. The van der Waals surface area contributed by atoms with Crippen LogP contribution in [0, 0.1) is 6.92 Å². The van der Waals surface area contributed by atoms with Crippen LogP contribution < -0.4 is 5.73 Å².